The van der Waals surface area contributed by atoms with Gasteiger partial charge in [-0.05, 0) is 41.8 Å². The van der Waals surface area contributed by atoms with Gasteiger partial charge in [0.25, 0.3) is 0 Å². The van der Waals surface area contributed by atoms with E-state index in [2.05, 4.69) is 11.1 Å². The number of ether oxygens (including phenoxy) is 1. The monoisotopic (exact) mass is 290 g/mol. The van der Waals surface area contributed by atoms with Gasteiger partial charge in [0.05, 0.1) is 0 Å². The fourth-order valence-corrected chi connectivity index (χ4v) is 2.33. The summed E-state index contributed by atoms with van der Waals surface area (Å²) in [6, 6.07) is 17.9. The molecule has 0 aliphatic heterocycles. The lowest BCUT2D eigenvalue weighted by Crippen LogP contribution is -1.97. The van der Waals surface area contributed by atoms with Gasteiger partial charge in [-0.2, -0.15) is 0 Å². The summed E-state index contributed by atoms with van der Waals surface area (Å²) in [6.07, 6.45) is 3.67. The first-order valence-corrected chi connectivity index (χ1v) is 7.20. The summed E-state index contributed by atoms with van der Waals surface area (Å²) in [5.74, 6) is 0.764. The maximum Gasteiger partial charge on any atom is 0.122 e. The minimum atomic E-state index is 0.524. The first kappa shape index (κ1) is 14.1. The molecule has 0 spiro atoms. The van der Waals surface area contributed by atoms with Gasteiger partial charge in [-0.25, -0.2) is 0 Å². The summed E-state index contributed by atoms with van der Waals surface area (Å²) in [5, 5.41) is 0. The second-order valence-corrected chi connectivity index (χ2v) is 5.32. The molecule has 2 N–H and O–H groups in total. The van der Waals surface area contributed by atoms with E-state index in [1.807, 2.05) is 67.8 Å². The molecule has 0 aliphatic rings. The molecule has 0 bridgehead atoms. The Morgan fingerprint density at radius 3 is 2.55 bits per heavy atom. The molecule has 3 rings (SSSR count). The Kier molecular flexibility index (Phi) is 4.05. The van der Waals surface area contributed by atoms with E-state index in [0.717, 1.165) is 28.0 Å². The normalized spacial score (nSPS) is 10.4. The highest BCUT2D eigenvalue weighted by molar-refractivity contribution is 5.69. The van der Waals surface area contributed by atoms with E-state index in [4.69, 9.17) is 10.5 Å². The zero-order valence-corrected chi connectivity index (χ0v) is 12.5. The highest BCUT2D eigenvalue weighted by Crippen LogP contribution is 2.27. The molecule has 0 radical (unpaired) electrons. The summed E-state index contributed by atoms with van der Waals surface area (Å²) in [6.45, 7) is 2.55. The molecule has 0 saturated carbocycles. The van der Waals surface area contributed by atoms with Crippen LogP contribution in [0.1, 0.15) is 11.1 Å². The molecule has 3 aromatic rings. The van der Waals surface area contributed by atoms with Gasteiger partial charge in [-0.1, -0.05) is 30.3 Å². The van der Waals surface area contributed by atoms with Gasteiger partial charge in [0, 0.05) is 29.7 Å². The van der Waals surface area contributed by atoms with Gasteiger partial charge in [-0.3, -0.25) is 4.98 Å². The van der Waals surface area contributed by atoms with Gasteiger partial charge in [-0.15, -0.1) is 0 Å². The van der Waals surface area contributed by atoms with Crippen molar-refractivity contribution in [2.24, 2.45) is 0 Å². The van der Waals surface area contributed by atoms with E-state index in [1.165, 1.54) is 0 Å². The van der Waals surface area contributed by atoms with Crippen LogP contribution < -0.4 is 10.5 Å². The fourth-order valence-electron chi connectivity index (χ4n) is 2.33. The molecule has 0 saturated heterocycles. The van der Waals surface area contributed by atoms with Crippen LogP contribution in [0.15, 0.2) is 67.0 Å². The lowest BCUT2D eigenvalue weighted by Gasteiger charge is -2.10. The standard InChI is InChI=1S/C19H18N2O/c1-14-7-17(12-21-11-14)16-8-18(20)10-19(9-16)22-13-15-5-3-2-4-6-15/h2-12H,13,20H2,1H3. The maximum atomic E-state index is 6.00. The third kappa shape index (κ3) is 3.44. The van der Waals surface area contributed by atoms with E-state index >= 15 is 0 Å². The van der Waals surface area contributed by atoms with Crippen molar-refractivity contribution in [1.29, 1.82) is 0 Å². The zero-order chi connectivity index (χ0) is 15.4. The quantitative estimate of drug-likeness (QED) is 0.732. The molecular formula is C19H18N2O. The number of anilines is 1. The Balaban J connectivity index is 1.84. The van der Waals surface area contributed by atoms with Gasteiger partial charge in [0.1, 0.15) is 12.4 Å². The van der Waals surface area contributed by atoms with Crippen LogP contribution in [0.5, 0.6) is 5.75 Å². The van der Waals surface area contributed by atoms with Crippen LogP contribution in [-0.2, 0) is 6.61 Å². The number of hydrogen-bond donors (Lipinski definition) is 1. The molecule has 3 nitrogen and oxygen atoms in total. The molecule has 3 heteroatoms. The molecule has 0 atom stereocenters. The average Bonchev–Trinajstić information content (AvgIpc) is 2.53. The highest BCUT2D eigenvalue weighted by atomic mass is 16.5. The van der Waals surface area contributed by atoms with E-state index < -0.39 is 0 Å². The first-order valence-electron chi connectivity index (χ1n) is 7.20. The van der Waals surface area contributed by atoms with Crippen LogP contribution in [0, 0.1) is 6.92 Å². The third-order valence-corrected chi connectivity index (χ3v) is 3.39. The SMILES string of the molecule is Cc1cncc(-c2cc(N)cc(OCc3ccccc3)c2)c1. The van der Waals surface area contributed by atoms with Crippen molar-refractivity contribution >= 4 is 5.69 Å². The predicted molar refractivity (Wildman–Crippen MR) is 89.6 cm³/mol. The summed E-state index contributed by atoms with van der Waals surface area (Å²) in [7, 11) is 0. The molecule has 2 aromatic carbocycles. The predicted octanol–water partition coefficient (Wildman–Crippen LogP) is 4.22. The number of pyridine rings is 1. The van der Waals surface area contributed by atoms with Gasteiger partial charge in [0.15, 0.2) is 0 Å². The number of nitrogens with two attached hydrogens (primary N) is 1. The molecule has 0 amide bonds. The largest absolute Gasteiger partial charge is 0.489 e. The van der Waals surface area contributed by atoms with Crippen LogP contribution in [0.3, 0.4) is 0 Å². The minimum absolute atomic E-state index is 0.524. The molecule has 0 unspecified atom stereocenters. The Labute approximate surface area is 130 Å². The van der Waals surface area contributed by atoms with Gasteiger partial charge >= 0.3 is 0 Å². The highest BCUT2D eigenvalue weighted by Gasteiger charge is 2.04. The Hall–Kier alpha value is -2.81. The third-order valence-electron chi connectivity index (χ3n) is 3.39. The van der Waals surface area contributed by atoms with E-state index in [9.17, 15) is 0 Å². The van der Waals surface area contributed by atoms with Gasteiger partial charge in [0.2, 0.25) is 0 Å². The second kappa shape index (κ2) is 6.31. The summed E-state index contributed by atoms with van der Waals surface area (Å²) in [5.41, 5.74) is 11.0. The van der Waals surface area contributed by atoms with Crippen LogP contribution in [-0.4, -0.2) is 4.98 Å². The molecule has 1 heterocycles. The number of benzene rings is 2. The van der Waals surface area contributed by atoms with Crippen LogP contribution in [0.2, 0.25) is 0 Å². The smallest absolute Gasteiger partial charge is 0.122 e. The summed E-state index contributed by atoms with van der Waals surface area (Å²) in [4.78, 5) is 4.23. The molecular weight excluding hydrogens is 272 g/mol. The lowest BCUT2D eigenvalue weighted by molar-refractivity contribution is 0.306. The molecule has 0 fully saturated rings. The van der Waals surface area contributed by atoms with Crippen molar-refractivity contribution in [3.8, 4) is 16.9 Å². The van der Waals surface area contributed by atoms with Crippen molar-refractivity contribution in [3.63, 3.8) is 0 Å². The van der Waals surface area contributed by atoms with E-state index in [-0.39, 0.29) is 0 Å². The summed E-state index contributed by atoms with van der Waals surface area (Å²) < 4.78 is 5.86. The Bertz CT molecular complexity index is 769. The topological polar surface area (TPSA) is 48.1 Å². The Morgan fingerprint density at radius 2 is 1.77 bits per heavy atom. The van der Waals surface area contributed by atoms with E-state index in [0.29, 0.717) is 12.3 Å². The molecule has 110 valence electrons. The van der Waals surface area contributed by atoms with Crippen molar-refractivity contribution in [3.05, 3.63) is 78.1 Å². The number of aryl methyl sites for hydroxylation is 1. The first-order chi connectivity index (χ1) is 10.7. The van der Waals surface area contributed by atoms with Crippen LogP contribution in [0.4, 0.5) is 5.69 Å². The number of nitrogens with zero attached hydrogens (tertiary/aromatic N) is 1. The maximum absolute atomic E-state index is 6.00. The molecule has 0 aliphatic carbocycles. The molecule has 22 heavy (non-hydrogen) atoms. The van der Waals surface area contributed by atoms with Crippen LogP contribution in [0.25, 0.3) is 11.1 Å². The van der Waals surface area contributed by atoms with Crippen molar-refractivity contribution in [2.45, 2.75) is 13.5 Å². The van der Waals surface area contributed by atoms with Crippen molar-refractivity contribution < 1.29 is 4.74 Å². The van der Waals surface area contributed by atoms with Crippen molar-refractivity contribution in [1.82, 2.24) is 4.98 Å². The fraction of sp³-hybridized carbons (Fsp3) is 0.105. The second-order valence-electron chi connectivity index (χ2n) is 5.32. The van der Waals surface area contributed by atoms with Gasteiger partial charge < -0.3 is 10.5 Å². The number of hydrogen-bond acceptors (Lipinski definition) is 3. The zero-order valence-electron chi connectivity index (χ0n) is 12.5. The van der Waals surface area contributed by atoms with Crippen molar-refractivity contribution in [2.75, 3.05) is 5.73 Å². The van der Waals surface area contributed by atoms with E-state index in [1.54, 1.807) is 0 Å². The number of aromatic nitrogens is 1. The number of rotatable bonds is 4. The summed E-state index contributed by atoms with van der Waals surface area (Å²) >= 11 is 0. The Morgan fingerprint density at radius 1 is 0.955 bits per heavy atom. The minimum Gasteiger partial charge on any atom is -0.489 e. The number of nitrogen functional groups attached to an aromatic ring is 1. The average molecular weight is 290 g/mol. The van der Waals surface area contributed by atoms with Crippen LogP contribution >= 0.6 is 0 Å². The molecule has 1 aromatic heterocycles. The lowest BCUT2D eigenvalue weighted by atomic mass is 10.1.